The van der Waals surface area contributed by atoms with Gasteiger partial charge >= 0.3 is 0 Å². The minimum Gasteiger partial charge on any atom is -0.389 e. The molecule has 0 aliphatic heterocycles. The van der Waals surface area contributed by atoms with Gasteiger partial charge in [-0.05, 0) is 54.5 Å². The lowest BCUT2D eigenvalue weighted by Gasteiger charge is -2.35. The Hall–Kier alpha value is -0.680. The normalized spacial score (nSPS) is 26.1. The monoisotopic (exact) mass is 321 g/mol. The number of hydrogen-bond acceptors (Lipinski definition) is 4. The van der Waals surface area contributed by atoms with Crippen LogP contribution in [0.3, 0.4) is 0 Å². The van der Waals surface area contributed by atoms with Gasteiger partial charge in [-0.2, -0.15) is 0 Å². The summed E-state index contributed by atoms with van der Waals surface area (Å²) in [6.45, 7) is 3.85. The van der Waals surface area contributed by atoms with E-state index in [-0.39, 0.29) is 0 Å². The lowest BCUT2D eigenvalue weighted by atomic mass is 9.79. The van der Waals surface area contributed by atoms with Crippen molar-refractivity contribution in [1.29, 1.82) is 0 Å². The minimum absolute atomic E-state index is 0.486. The van der Waals surface area contributed by atoms with Gasteiger partial charge in [0.05, 0.1) is 5.60 Å². The first kappa shape index (κ1) is 15.2. The van der Waals surface area contributed by atoms with E-state index in [4.69, 9.17) is 0 Å². The van der Waals surface area contributed by atoms with Crippen LogP contribution in [0.2, 0.25) is 0 Å². The molecule has 1 aliphatic carbocycles. The van der Waals surface area contributed by atoms with Gasteiger partial charge in [0, 0.05) is 28.4 Å². The third-order valence-corrected chi connectivity index (χ3v) is 6.27. The van der Waals surface area contributed by atoms with Gasteiger partial charge in [0.15, 0.2) is 0 Å². The molecule has 0 saturated heterocycles. The highest BCUT2D eigenvalue weighted by atomic mass is 32.1. The molecule has 4 heteroatoms. The Labute approximate surface area is 134 Å². The quantitative estimate of drug-likeness (QED) is 0.849. The molecular formula is C17H23NOS2. The molecule has 0 bridgehead atoms. The van der Waals surface area contributed by atoms with Crippen molar-refractivity contribution in [3.8, 4) is 10.4 Å². The zero-order valence-corrected chi connectivity index (χ0v) is 14.1. The first-order chi connectivity index (χ1) is 10.1. The molecule has 0 unspecified atom stereocenters. The molecule has 2 aromatic rings. The van der Waals surface area contributed by atoms with E-state index >= 15 is 0 Å². The molecular weight excluding hydrogens is 298 g/mol. The van der Waals surface area contributed by atoms with Crippen molar-refractivity contribution in [3.05, 3.63) is 33.8 Å². The molecule has 0 spiro atoms. The van der Waals surface area contributed by atoms with E-state index in [1.54, 1.807) is 22.7 Å². The maximum Gasteiger partial charge on any atom is 0.0771 e. The van der Waals surface area contributed by atoms with Crippen LogP contribution in [0.15, 0.2) is 29.0 Å². The van der Waals surface area contributed by atoms with Crippen molar-refractivity contribution in [2.24, 2.45) is 5.92 Å². The largest absolute Gasteiger partial charge is 0.389 e. The lowest BCUT2D eigenvalue weighted by molar-refractivity contribution is -0.00625. The SMILES string of the molecule is CC1CCC(O)(CNCc2cc(-c3cccs3)cs2)CC1. The van der Waals surface area contributed by atoms with Crippen molar-refractivity contribution >= 4 is 22.7 Å². The minimum atomic E-state index is -0.486. The molecule has 1 fully saturated rings. The van der Waals surface area contributed by atoms with Crippen LogP contribution in [0.25, 0.3) is 10.4 Å². The molecule has 1 aliphatic rings. The highest BCUT2D eigenvalue weighted by Crippen LogP contribution is 2.32. The summed E-state index contributed by atoms with van der Waals surface area (Å²) in [7, 11) is 0. The molecule has 3 rings (SSSR count). The van der Waals surface area contributed by atoms with Gasteiger partial charge in [0.2, 0.25) is 0 Å². The Morgan fingerprint density at radius 1 is 1.33 bits per heavy atom. The number of hydrogen-bond donors (Lipinski definition) is 2. The zero-order valence-electron chi connectivity index (χ0n) is 12.5. The molecule has 0 aromatic carbocycles. The number of rotatable bonds is 5. The Bertz CT molecular complexity index is 553. The second kappa shape index (κ2) is 6.61. The summed E-state index contributed by atoms with van der Waals surface area (Å²) in [4.78, 5) is 2.67. The standard InChI is InChI=1S/C17H23NOS2/c1-13-4-6-17(19,7-5-13)12-18-10-15-9-14(11-21-15)16-3-2-8-20-16/h2-3,8-9,11,13,18-19H,4-7,10,12H2,1H3. The second-order valence-corrected chi connectivity index (χ2v) is 8.23. The molecule has 0 amide bonds. The van der Waals surface area contributed by atoms with Crippen LogP contribution in [0.1, 0.15) is 37.5 Å². The van der Waals surface area contributed by atoms with Gasteiger partial charge in [0.1, 0.15) is 0 Å². The van der Waals surface area contributed by atoms with Gasteiger partial charge in [-0.1, -0.05) is 13.0 Å². The van der Waals surface area contributed by atoms with Crippen LogP contribution in [0, 0.1) is 5.92 Å². The van der Waals surface area contributed by atoms with Crippen LogP contribution >= 0.6 is 22.7 Å². The van der Waals surface area contributed by atoms with Crippen molar-refractivity contribution in [2.45, 2.75) is 44.8 Å². The van der Waals surface area contributed by atoms with E-state index in [9.17, 15) is 5.11 Å². The average molecular weight is 322 g/mol. The maximum absolute atomic E-state index is 10.6. The van der Waals surface area contributed by atoms with E-state index in [1.807, 2.05) is 0 Å². The van der Waals surface area contributed by atoms with Crippen LogP contribution in [0.5, 0.6) is 0 Å². The lowest BCUT2D eigenvalue weighted by Crippen LogP contribution is -2.43. The smallest absolute Gasteiger partial charge is 0.0771 e. The molecule has 0 radical (unpaired) electrons. The van der Waals surface area contributed by atoms with Crippen molar-refractivity contribution in [2.75, 3.05) is 6.54 Å². The Kier molecular flexibility index (Phi) is 4.79. The second-order valence-electron chi connectivity index (χ2n) is 6.29. The molecule has 1 saturated carbocycles. The van der Waals surface area contributed by atoms with E-state index in [0.717, 1.165) is 38.1 Å². The number of nitrogens with one attached hydrogen (secondary N) is 1. The van der Waals surface area contributed by atoms with E-state index in [1.165, 1.54) is 15.3 Å². The molecule has 2 heterocycles. The van der Waals surface area contributed by atoms with Crippen LogP contribution in [-0.2, 0) is 6.54 Å². The van der Waals surface area contributed by atoms with E-state index in [2.05, 4.69) is 41.2 Å². The highest BCUT2D eigenvalue weighted by Gasteiger charge is 2.31. The summed E-state index contributed by atoms with van der Waals surface area (Å²) < 4.78 is 0. The number of aliphatic hydroxyl groups is 1. The van der Waals surface area contributed by atoms with Crippen molar-refractivity contribution in [3.63, 3.8) is 0 Å². The molecule has 114 valence electrons. The fourth-order valence-electron chi connectivity index (χ4n) is 2.94. The van der Waals surface area contributed by atoms with Crippen LogP contribution in [0.4, 0.5) is 0 Å². The predicted octanol–water partition coefficient (Wildman–Crippen LogP) is 4.51. The van der Waals surface area contributed by atoms with E-state index < -0.39 is 5.60 Å². The Balaban J connectivity index is 1.49. The average Bonchev–Trinajstić information content (AvgIpc) is 3.13. The summed E-state index contributed by atoms with van der Waals surface area (Å²) in [6.07, 6.45) is 4.18. The van der Waals surface area contributed by atoms with Crippen molar-refractivity contribution < 1.29 is 5.11 Å². The fourth-order valence-corrected chi connectivity index (χ4v) is 4.58. The van der Waals surface area contributed by atoms with Gasteiger partial charge in [-0.15, -0.1) is 22.7 Å². The third-order valence-electron chi connectivity index (χ3n) is 4.42. The molecule has 2 N–H and O–H groups in total. The molecule has 2 aromatic heterocycles. The van der Waals surface area contributed by atoms with Gasteiger partial charge in [-0.25, -0.2) is 0 Å². The van der Waals surface area contributed by atoms with Gasteiger partial charge in [-0.3, -0.25) is 0 Å². The molecule has 2 nitrogen and oxygen atoms in total. The molecule has 0 atom stereocenters. The summed E-state index contributed by atoms with van der Waals surface area (Å²) in [5, 5.41) is 18.4. The number of thiophene rings is 2. The van der Waals surface area contributed by atoms with Crippen LogP contribution in [-0.4, -0.2) is 17.3 Å². The maximum atomic E-state index is 10.6. The third kappa shape index (κ3) is 3.95. The summed E-state index contributed by atoms with van der Waals surface area (Å²) in [5.74, 6) is 0.774. The van der Waals surface area contributed by atoms with Crippen molar-refractivity contribution in [1.82, 2.24) is 5.32 Å². The van der Waals surface area contributed by atoms with E-state index in [0.29, 0.717) is 6.54 Å². The van der Waals surface area contributed by atoms with Crippen LogP contribution < -0.4 is 5.32 Å². The van der Waals surface area contributed by atoms with Gasteiger partial charge < -0.3 is 10.4 Å². The summed E-state index contributed by atoms with van der Waals surface area (Å²) in [5.41, 5.74) is 0.831. The van der Waals surface area contributed by atoms with Gasteiger partial charge in [0.25, 0.3) is 0 Å². The topological polar surface area (TPSA) is 32.3 Å². The summed E-state index contributed by atoms with van der Waals surface area (Å²) in [6, 6.07) is 6.52. The molecule has 21 heavy (non-hydrogen) atoms. The zero-order chi connectivity index (χ0) is 14.7. The highest BCUT2D eigenvalue weighted by molar-refractivity contribution is 7.14. The Morgan fingerprint density at radius 2 is 2.14 bits per heavy atom. The fraction of sp³-hybridized carbons (Fsp3) is 0.529. The summed E-state index contributed by atoms with van der Waals surface area (Å²) >= 11 is 3.58. The first-order valence-corrected chi connectivity index (χ1v) is 9.45. The predicted molar refractivity (Wildman–Crippen MR) is 91.9 cm³/mol. The Morgan fingerprint density at radius 3 is 2.86 bits per heavy atom. The first-order valence-electron chi connectivity index (χ1n) is 7.69.